The smallest absolute Gasteiger partial charge is 0.209 e. The van der Waals surface area contributed by atoms with Gasteiger partial charge in [0.2, 0.25) is 10.0 Å². The SMILES string of the molecule is CCc1nc2ccc(N3CCC(NS(C)(=O)=O)C3)nn2c1N(C)c1nc(-c2ccc(F)cc2)cs1. The number of aryl methyl sites for hydroxylation is 1. The molecule has 9 nitrogen and oxygen atoms in total. The number of halogens is 1. The van der Waals surface area contributed by atoms with Gasteiger partial charge in [0.1, 0.15) is 11.6 Å². The number of nitrogens with one attached hydrogen (secondary N) is 1. The maximum atomic E-state index is 13.3. The van der Waals surface area contributed by atoms with Gasteiger partial charge in [0, 0.05) is 37.1 Å². The Hall–Kier alpha value is -3.09. The Kier molecular flexibility index (Phi) is 6.20. The van der Waals surface area contributed by atoms with Gasteiger partial charge in [0.15, 0.2) is 16.6 Å². The Bertz CT molecular complexity index is 1470. The minimum Gasteiger partial charge on any atom is -0.354 e. The lowest BCUT2D eigenvalue weighted by atomic mass is 10.2. The number of fused-ring (bicyclic) bond motifs is 1. The van der Waals surface area contributed by atoms with Gasteiger partial charge < -0.3 is 9.80 Å². The number of rotatable bonds is 7. The van der Waals surface area contributed by atoms with Crippen LogP contribution in [0.3, 0.4) is 0 Å². The summed E-state index contributed by atoms with van der Waals surface area (Å²) in [7, 11) is -1.32. The Labute approximate surface area is 207 Å². The number of hydrogen-bond donors (Lipinski definition) is 1. The summed E-state index contributed by atoms with van der Waals surface area (Å²) in [5.41, 5.74) is 3.25. The van der Waals surface area contributed by atoms with Crippen molar-refractivity contribution in [1.82, 2.24) is 24.3 Å². The molecule has 1 unspecified atom stereocenters. The molecule has 35 heavy (non-hydrogen) atoms. The summed E-state index contributed by atoms with van der Waals surface area (Å²) in [6.45, 7) is 3.31. The van der Waals surface area contributed by atoms with Gasteiger partial charge in [-0.3, -0.25) is 0 Å². The zero-order valence-electron chi connectivity index (χ0n) is 19.6. The molecule has 1 atom stereocenters. The minimum atomic E-state index is -3.26. The number of aromatic nitrogens is 4. The monoisotopic (exact) mass is 515 g/mol. The molecule has 0 aliphatic carbocycles. The third-order valence-corrected chi connectivity index (χ3v) is 7.65. The molecule has 12 heteroatoms. The van der Waals surface area contributed by atoms with Gasteiger partial charge in [-0.05, 0) is 49.2 Å². The molecule has 0 saturated carbocycles. The van der Waals surface area contributed by atoms with Crippen molar-refractivity contribution in [1.29, 1.82) is 0 Å². The molecule has 4 heterocycles. The van der Waals surface area contributed by atoms with E-state index in [1.165, 1.54) is 29.7 Å². The van der Waals surface area contributed by atoms with Crippen LogP contribution in [0.15, 0.2) is 41.8 Å². The van der Waals surface area contributed by atoms with E-state index in [2.05, 4.69) is 9.62 Å². The van der Waals surface area contributed by atoms with E-state index in [1.807, 2.05) is 40.9 Å². The molecule has 0 amide bonds. The van der Waals surface area contributed by atoms with Gasteiger partial charge in [-0.1, -0.05) is 6.92 Å². The van der Waals surface area contributed by atoms with Gasteiger partial charge in [0.25, 0.3) is 0 Å². The van der Waals surface area contributed by atoms with E-state index in [9.17, 15) is 12.8 Å². The first-order valence-electron chi connectivity index (χ1n) is 11.3. The zero-order chi connectivity index (χ0) is 24.7. The standard InChI is InChI=1S/C23H26FN7O2S2/c1-4-18-22(29(2)23-26-19(14-34-23)15-5-7-16(24)8-6-15)31-20(25-18)9-10-21(27-31)30-12-11-17(13-30)28-35(3,32)33/h5-10,14,17,28H,4,11-13H2,1-3H3. The predicted octanol–water partition coefficient (Wildman–Crippen LogP) is 3.45. The number of hydrogen-bond acceptors (Lipinski definition) is 8. The number of benzene rings is 1. The molecule has 184 valence electrons. The van der Waals surface area contributed by atoms with E-state index in [4.69, 9.17) is 15.1 Å². The van der Waals surface area contributed by atoms with E-state index in [1.54, 1.807) is 12.1 Å². The maximum absolute atomic E-state index is 13.3. The highest BCUT2D eigenvalue weighted by Gasteiger charge is 2.27. The molecular weight excluding hydrogens is 489 g/mol. The van der Waals surface area contributed by atoms with E-state index in [0.29, 0.717) is 13.1 Å². The second kappa shape index (κ2) is 9.17. The first-order chi connectivity index (χ1) is 16.7. The number of thiazole rings is 1. The molecule has 0 bridgehead atoms. The first-order valence-corrected chi connectivity index (χ1v) is 14.0. The molecule has 0 radical (unpaired) electrons. The van der Waals surface area contributed by atoms with Crippen LogP contribution < -0.4 is 14.5 Å². The lowest BCUT2D eigenvalue weighted by Crippen LogP contribution is -2.36. The molecule has 1 N–H and O–H groups in total. The Morgan fingerprint density at radius 1 is 1.20 bits per heavy atom. The summed E-state index contributed by atoms with van der Waals surface area (Å²) in [5, 5.41) is 7.59. The number of sulfonamides is 1. The normalized spacial score (nSPS) is 16.3. The Balaban J connectivity index is 1.46. The van der Waals surface area contributed by atoms with E-state index >= 15 is 0 Å². The summed E-state index contributed by atoms with van der Waals surface area (Å²) < 4.78 is 41.1. The van der Waals surface area contributed by atoms with Gasteiger partial charge >= 0.3 is 0 Å². The minimum absolute atomic E-state index is 0.140. The van der Waals surface area contributed by atoms with Gasteiger partial charge in [-0.25, -0.2) is 27.5 Å². The van der Waals surface area contributed by atoms with Crippen LogP contribution in [0.5, 0.6) is 0 Å². The molecule has 1 saturated heterocycles. The van der Waals surface area contributed by atoms with E-state index in [0.717, 1.165) is 52.2 Å². The highest BCUT2D eigenvalue weighted by atomic mass is 32.2. The number of nitrogens with zero attached hydrogens (tertiary/aromatic N) is 6. The van der Waals surface area contributed by atoms with Crippen LogP contribution >= 0.6 is 11.3 Å². The zero-order valence-corrected chi connectivity index (χ0v) is 21.3. The first kappa shape index (κ1) is 23.6. The maximum Gasteiger partial charge on any atom is 0.209 e. The lowest BCUT2D eigenvalue weighted by molar-refractivity contribution is 0.567. The van der Waals surface area contributed by atoms with Crippen molar-refractivity contribution >= 4 is 43.8 Å². The van der Waals surface area contributed by atoms with Crippen molar-refractivity contribution in [3.8, 4) is 11.3 Å². The number of imidazole rings is 1. The highest BCUT2D eigenvalue weighted by molar-refractivity contribution is 7.88. The van der Waals surface area contributed by atoms with Crippen LogP contribution in [0, 0.1) is 5.82 Å². The fraction of sp³-hybridized carbons (Fsp3) is 0.348. The van der Waals surface area contributed by atoms with Crippen molar-refractivity contribution in [2.24, 2.45) is 0 Å². The van der Waals surface area contributed by atoms with E-state index in [-0.39, 0.29) is 11.9 Å². The fourth-order valence-corrected chi connectivity index (χ4v) is 5.93. The molecule has 1 aromatic carbocycles. The highest BCUT2D eigenvalue weighted by Crippen LogP contribution is 2.34. The average Bonchev–Trinajstić information content (AvgIpc) is 3.56. The molecule has 1 aliphatic heterocycles. The van der Waals surface area contributed by atoms with Crippen molar-refractivity contribution in [3.05, 3.63) is 53.3 Å². The topological polar surface area (TPSA) is 95.7 Å². The summed E-state index contributed by atoms with van der Waals surface area (Å²) in [5.74, 6) is 1.31. The van der Waals surface area contributed by atoms with Gasteiger partial charge in [-0.2, -0.15) is 4.52 Å². The third-order valence-electron chi connectivity index (χ3n) is 5.97. The Morgan fingerprint density at radius 2 is 1.97 bits per heavy atom. The number of anilines is 3. The second-order valence-corrected chi connectivity index (χ2v) is 11.2. The molecule has 4 aromatic rings. The van der Waals surface area contributed by atoms with Crippen LogP contribution in [0.25, 0.3) is 16.9 Å². The predicted molar refractivity (Wildman–Crippen MR) is 137 cm³/mol. The fourth-order valence-electron chi connectivity index (χ4n) is 4.33. The molecule has 1 fully saturated rings. The summed E-state index contributed by atoms with van der Waals surface area (Å²) in [4.78, 5) is 13.6. The molecule has 0 spiro atoms. The van der Waals surface area contributed by atoms with Crippen LogP contribution in [0.4, 0.5) is 21.2 Å². The van der Waals surface area contributed by atoms with Crippen molar-refractivity contribution in [3.63, 3.8) is 0 Å². The summed E-state index contributed by atoms with van der Waals surface area (Å²) in [6, 6.07) is 10.0. The molecule has 3 aromatic heterocycles. The largest absolute Gasteiger partial charge is 0.354 e. The molecule has 1 aliphatic rings. The lowest BCUT2D eigenvalue weighted by Gasteiger charge is -2.19. The van der Waals surface area contributed by atoms with Gasteiger partial charge in [0.05, 0.1) is 17.6 Å². The van der Waals surface area contributed by atoms with Gasteiger partial charge in [-0.15, -0.1) is 16.4 Å². The third kappa shape index (κ3) is 4.86. The summed E-state index contributed by atoms with van der Waals surface area (Å²) >= 11 is 1.49. The summed E-state index contributed by atoms with van der Waals surface area (Å²) in [6.07, 6.45) is 2.62. The molecular formula is C23H26FN7O2S2. The van der Waals surface area contributed by atoms with Crippen molar-refractivity contribution in [2.45, 2.75) is 25.8 Å². The quantitative estimate of drug-likeness (QED) is 0.403. The van der Waals surface area contributed by atoms with Crippen LogP contribution in [0.1, 0.15) is 19.0 Å². The van der Waals surface area contributed by atoms with Crippen LogP contribution in [0.2, 0.25) is 0 Å². The second-order valence-electron chi connectivity index (χ2n) is 8.60. The van der Waals surface area contributed by atoms with Crippen LogP contribution in [-0.4, -0.2) is 60.4 Å². The van der Waals surface area contributed by atoms with Crippen LogP contribution in [-0.2, 0) is 16.4 Å². The average molecular weight is 516 g/mol. The van der Waals surface area contributed by atoms with Crippen molar-refractivity contribution < 1.29 is 12.8 Å². The van der Waals surface area contributed by atoms with Crippen molar-refractivity contribution in [2.75, 3.05) is 36.2 Å². The van der Waals surface area contributed by atoms with E-state index < -0.39 is 10.0 Å². The Morgan fingerprint density at radius 3 is 2.69 bits per heavy atom. The molecule has 5 rings (SSSR count).